The molecule has 11 aromatic carbocycles. The van der Waals surface area contributed by atoms with Gasteiger partial charge in [0, 0.05) is 49.7 Å². The zero-order valence-corrected chi connectivity index (χ0v) is 36.3. The molecule has 0 N–H and O–H groups in total. The van der Waals surface area contributed by atoms with Crippen LogP contribution >= 0.6 is 0 Å². The van der Waals surface area contributed by atoms with Crippen LogP contribution in [0.3, 0.4) is 0 Å². The van der Waals surface area contributed by atoms with Crippen LogP contribution in [0, 0.1) is 0 Å². The van der Waals surface area contributed by atoms with E-state index >= 15 is 0 Å². The number of rotatable bonds is 6. The fourth-order valence-electron chi connectivity index (χ4n) is 11.0. The average Bonchev–Trinajstić information content (AvgIpc) is 3.83. The predicted octanol–water partition coefficient (Wildman–Crippen LogP) is 17.4. The van der Waals surface area contributed by atoms with Gasteiger partial charge >= 0.3 is 0 Å². The topological polar surface area (TPSA) is 8.17 Å². The summed E-state index contributed by atoms with van der Waals surface area (Å²) in [7, 11) is 0. The highest BCUT2D eigenvalue weighted by Gasteiger charge is 2.35. The molecule has 0 unspecified atom stereocenters. The summed E-state index contributed by atoms with van der Waals surface area (Å²) in [5.74, 6) is 0. The Morgan fingerprint density at radius 2 is 0.892 bits per heavy atom. The maximum Gasteiger partial charge on any atom is 0.0626 e. The molecular weight excluding hydrogens is 785 g/mol. The van der Waals surface area contributed by atoms with Gasteiger partial charge in [0.1, 0.15) is 0 Å². The summed E-state index contributed by atoms with van der Waals surface area (Å²) in [6.07, 6.45) is 0. The van der Waals surface area contributed by atoms with Crippen molar-refractivity contribution >= 4 is 71.2 Å². The first-order valence-electron chi connectivity index (χ1n) is 22.7. The summed E-state index contributed by atoms with van der Waals surface area (Å²) in [6.45, 7) is 4.71. The molecule has 1 heterocycles. The van der Waals surface area contributed by atoms with Crippen molar-refractivity contribution in [2.45, 2.75) is 19.3 Å². The van der Waals surface area contributed by atoms with Gasteiger partial charge in [-0.3, -0.25) is 0 Å². The summed E-state index contributed by atoms with van der Waals surface area (Å²) >= 11 is 0. The molecule has 0 spiro atoms. The van der Waals surface area contributed by atoms with Gasteiger partial charge in [-0.05, 0) is 121 Å². The van der Waals surface area contributed by atoms with Gasteiger partial charge in [-0.25, -0.2) is 0 Å². The first-order valence-corrected chi connectivity index (χ1v) is 22.7. The van der Waals surface area contributed by atoms with Crippen LogP contribution in [0.1, 0.15) is 25.0 Å². The van der Waals surface area contributed by atoms with Crippen molar-refractivity contribution in [2.24, 2.45) is 0 Å². The quantitative estimate of drug-likeness (QED) is 0.152. The van der Waals surface area contributed by atoms with Crippen molar-refractivity contribution in [2.75, 3.05) is 4.90 Å². The molecule has 1 aliphatic carbocycles. The third-order valence-electron chi connectivity index (χ3n) is 14.2. The molecule has 0 fully saturated rings. The highest BCUT2D eigenvalue weighted by molar-refractivity contribution is 6.36. The van der Waals surface area contributed by atoms with Crippen LogP contribution in [-0.2, 0) is 5.41 Å². The molecule has 0 bridgehead atoms. The van der Waals surface area contributed by atoms with Crippen molar-refractivity contribution in [3.63, 3.8) is 0 Å². The minimum Gasteiger partial charge on any atom is -0.310 e. The summed E-state index contributed by atoms with van der Waals surface area (Å²) in [5.41, 5.74) is 17.1. The lowest BCUT2D eigenvalue weighted by molar-refractivity contribution is 0.660. The molecule has 0 aliphatic heterocycles. The van der Waals surface area contributed by atoms with Gasteiger partial charge in [-0.1, -0.05) is 190 Å². The first-order chi connectivity index (χ1) is 32.0. The summed E-state index contributed by atoms with van der Waals surface area (Å²) in [5, 5.41) is 10.3. The minimum atomic E-state index is -0.102. The highest BCUT2D eigenvalue weighted by atomic mass is 15.1. The molecule has 2 nitrogen and oxygen atoms in total. The summed E-state index contributed by atoms with van der Waals surface area (Å²) in [4.78, 5) is 2.40. The highest BCUT2D eigenvalue weighted by Crippen LogP contribution is 2.51. The van der Waals surface area contributed by atoms with E-state index in [1.54, 1.807) is 0 Å². The molecular formula is C63H44N2. The monoisotopic (exact) mass is 828 g/mol. The molecule has 2 heteroatoms. The molecule has 306 valence electrons. The molecule has 65 heavy (non-hydrogen) atoms. The van der Waals surface area contributed by atoms with E-state index in [2.05, 4.69) is 254 Å². The van der Waals surface area contributed by atoms with E-state index in [0.29, 0.717) is 0 Å². The van der Waals surface area contributed by atoms with E-state index in [0.717, 1.165) is 22.7 Å². The van der Waals surface area contributed by atoms with Gasteiger partial charge in [0.15, 0.2) is 0 Å². The minimum absolute atomic E-state index is 0.102. The van der Waals surface area contributed by atoms with Crippen LogP contribution in [0.5, 0.6) is 0 Å². The second-order valence-corrected chi connectivity index (χ2v) is 18.1. The number of hydrogen-bond acceptors (Lipinski definition) is 1. The Hall–Kier alpha value is -8.20. The van der Waals surface area contributed by atoms with Crippen molar-refractivity contribution < 1.29 is 0 Å². The number of fused-ring (bicyclic) bond motifs is 13. The van der Waals surface area contributed by atoms with Gasteiger partial charge in [-0.15, -0.1) is 0 Å². The molecule has 0 saturated heterocycles. The van der Waals surface area contributed by atoms with Crippen LogP contribution < -0.4 is 4.90 Å². The zero-order valence-electron chi connectivity index (χ0n) is 36.3. The maximum absolute atomic E-state index is 2.48. The van der Waals surface area contributed by atoms with Gasteiger partial charge < -0.3 is 9.47 Å². The number of benzene rings is 11. The van der Waals surface area contributed by atoms with Crippen LogP contribution in [0.4, 0.5) is 17.1 Å². The van der Waals surface area contributed by atoms with Crippen LogP contribution in [0.25, 0.3) is 93.2 Å². The lowest BCUT2D eigenvalue weighted by Gasteiger charge is -2.28. The van der Waals surface area contributed by atoms with Crippen molar-refractivity contribution in [3.8, 4) is 39.1 Å². The molecule has 1 aliphatic rings. The molecule has 0 amide bonds. The van der Waals surface area contributed by atoms with Crippen LogP contribution in [-0.4, -0.2) is 4.57 Å². The van der Waals surface area contributed by atoms with Gasteiger partial charge in [-0.2, -0.15) is 0 Å². The van der Waals surface area contributed by atoms with E-state index in [-0.39, 0.29) is 5.41 Å². The van der Waals surface area contributed by atoms with Crippen molar-refractivity contribution in [1.29, 1.82) is 0 Å². The summed E-state index contributed by atoms with van der Waals surface area (Å²) < 4.78 is 2.48. The second-order valence-electron chi connectivity index (χ2n) is 18.1. The number of anilines is 3. The van der Waals surface area contributed by atoms with E-state index in [1.165, 1.54) is 98.6 Å². The van der Waals surface area contributed by atoms with Gasteiger partial charge in [0.2, 0.25) is 0 Å². The molecule has 0 saturated carbocycles. The fourth-order valence-corrected chi connectivity index (χ4v) is 11.0. The average molecular weight is 829 g/mol. The predicted molar refractivity (Wildman–Crippen MR) is 276 cm³/mol. The van der Waals surface area contributed by atoms with E-state index in [1.807, 2.05) is 0 Å². The number of hydrogen-bond donors (Lipinski definition) is 0. The number of aromatic nitrogens is 1. The Balaban J connectivity index is 0.913. The Bertz CT molecular complexity index is 3820. The number of para-hydroxylation sites is 1. The normalized spacial score (nSPS) is 12.9. The van der Waals surface area contributed by atoms with Crippen molar-refractivity contribution in [1.82, 2.24) is 4.57 Å². The molecule has 1 aromatic heterocycles. The number of nitrogens with zero attached hydrogens (tertiary/aromatic N) is 2. The first kappa shape index (κ1) is 37.4. The Kier molecular flexibility index (Phi) is 8.29. The van der Waals surface area contributed by atoms with E-state index < -0.39 is 0 Å². The van der Waals surface area contributed by atoms with Gasteiger partial charge in [0.05, 0.1) is 11.0 Å². The van der Waals surface area contributed by atoms with Crippen molar-refractivity contribution in [3.05, 3.63) is 242 Å². The fraction of sp³-hybridized carbons (Fsp3) is 0.0476. The maximum atomic E-state index is 2.48. The Morgan fingerprint density at radius 3 is 1.62 bits per heavy atom. The molecule has 13 rings (SSSR count). The van der Waals surface area contributed by atoms with Gasteiger partial charge in [0.25, 0.3) is 0 Å². The largest absolute Gasteiger partial charge is 0.310 e. The van der Waals surface area contributed by atoms with Crippen LogP contribution in [0.15, 0.2) is 231 Å². The zero-order chi connectivity index (χ0) is 43.2. The standard InChI is InChI=1S/C63H44N2/c1-63(2)57-22-12-10-19-52(57)53-39-37-49(40-58(53)63)64(46-31-24-42(25-32-46)41-14-4-3-5-15-41)47-33-26-43(27-34-47)44-28-35-48(36-29-44)65-59-23-13-11-21-56(59)61-60-50-17-7-6-16-45(50)30-38-54(60)51-18-8-9-20-55(51)62(61)65/h3-40H,1-2H3. The second kappa shape index (κ2) is 14.4. The SMILES string of the molecule is CC1(C)c2ccccc2-c2ccc(N(c3ccc(-c4ccccc4)cc3)c3ccc(-c4ccc(-n5c6ccccc6c6c7c8ccccc8ccc7c7ccccc7c65)cc4)cc3)cc21. The van der Waals surface area contributed by atoms with Crippen LogP contribution in [0.2, 0.25) is 0 Å². The van der Waals surface area contributed by atoms with E-state index in [4.69, 9.17) is 0 Å². The molecule has 0 radical (unpaired) electrons. The lowest BCUT2D eigenvalue weighted by atomic mass is 9.82. The third-order valence-corrected chi connectivity index (χ3v) is 14.2. The summed E-state index contributed by atoms with van der Waals surface area (Å²) in [6, 6.07) is 85.0. The smallest absolute Gasteiger partial charge is 0.0626 e. The Morgan fingerprint density at radius 1 is 0.354 bits per heavy atom. The Labute approximate surface area is 378 Å². The lowest BCUT2D eigenvalue weighted by Crippen LogP contribution is -2.16. The third kappa shape index (κ3) is 5.74. The van der Waals surface area contributed by atoms with E-state index in [9.17, 15) is 0 Å². The molecule has 12 aromatic rings. The molecule has 0 atom stereocenters.